The molecule has 0 aliphatic carbocycles. The second-order valence-electron chi connectivity index (χ2n) is 2.62. The number of quaternary nitrogens is 1. The van der Waals surface area contributed by atoms with Crippen LogP contribution >= 0.6 is 8.03 Å². The molecule has 1 atom stereocenters. The minimum absolute atomic E-state index is 0. The Kier molecular flexibility index (Phi) is 4.44. The molecule has 0 spiro atoms. The molecule has 11 heavy (non-hydrogen) atoms. The van der Waals surface area contributed by atoms with Crippen molar-refractivity contribution in [3.8, 4) is 0 Å². The molecule has 6 heteroatoms. The lowest BCUT2D eigenvalue weighted by molar-refractivity contribution is -0.666. The molecule has 0 amide bonds. The number of piperidine rings is 1. The molecule has 1 rings (SSSR count). The van der Waals surface area contributed by atoms with Crippen LogP contribution in [0.2, 0.25) is 0 Å². The van der Waals surface area contributed by atoms with Gasteiger partial charge >= 0.3 is 13.4 Å². The van der Waals surface area contributed by atoms with E-state index in [1.807, 2.05) is 5.32 Å². The Morgan fingerprint density at radius 3 is 2.09 bits per heavy atom. The van der Waals surface area contributed by atoms with Crippen LogP contribution in [-0.2, 0) is 4.57 Å². The van der Waals surface area contributed by atoms with E-state index in [4.69, 9.17) is 4.89 Å². The molecule has 0 aromatic heterocycles. The SMILES string of the molecule is O=[P+](O)C1(O)CC[NH2+]CC1.[Cl-]. The fourth-order valence-electron chi connectivity index (χ4n) is 1.13. The summed E-state index contributed by atoms with van der Waals surface area (Å²) in [5, 5.41) is 10.1. The van der Waals surface area contributed by atoms with E-state index < -0.39 is 13.4 Å². The van der Waals surface area contributed by atoms with Gasteiger partial charge in [0.1, 0.15) is 0 Å². The van der Waals surface area contributed by atoms with Crippen LogP contribution < -0.4 is 17.7 Å². The Morgan fingerprint density at radius 2 is 1.82 bits per heavy atom. The van der Waals surface area contributed by atoms with Crippen molar-refractivity contribution in [1.29, 1.82) is 0 Å². The Hall–Kier alpha value is 0.270. The average Bonchev–Trinajstić information content (AvgIpc) is 1.89. The van der Waals surface area contributed by atoms with Crippen LogP contribution in [0.3, 0.4) is 0 Å². The maximum Gasteiger partial charge on any atom is 0.541 e. The van der Waals surface area contributed by atoms with Crippen molar-refractivity contribution in [3.63, 3.8) is 0 Å². The number of hydrogen-bond acceptors (Lipinski definition) is 2. The predicted molar refractivity (Wildman–Crippen MR) is 35.7 cm³/mol. The smallest absolute Gasteiger partial charge is 0.541 e. The first-order valence-electron chi connectivity index (χ1n) is 3.35. The summed E-state index contributed by atoms with van der Waals surface area (Å²) in [4.78, 5) is 8.68. The van der Waals surface area contributed by atoms with E-state index in [1.165, 1.54) is 0 Å². The summed E-state index contributed by atoms with van der Waals surface area (Å²) >= 11 is 0. The molecule has 1 saturated heterocycles. The third kappa shape index (κ3) is 2.65. The largest absolute Gasteiger partial charge is 1.00 e. The lowest BCUT2D eigenvalue weighted by atomic mass is 10.1. The van der Waals surface area contributed by atoms with Gasteiger partial charge in [0.25, 0.3) is 0 Å². The molecule has 0 bridgehead atoms. The molecule has 0 saturated carbocycles. The zero-order valence-electron chi connectivity index (χ0n) is 6.03. The summed E-state index contributed by atoms with van der Waals surface area (Å²) in [7, 11) is -2.42. The van der Waals surface area contributed by atoms with Gasteiger partial charge in [0.05, 0.1) is 25.9 Å². The Morgan fingerprint density at radius 1 is 1.36 bits per heavy atom. The van der Waals surface area contributed by atoms with Crippen LogP contribution in [0.1, 0.15) is 12.8 Å². The summed E-state index contributed by atoms with van der Waals surface area (Å²) < 4.78 is 10.6. The van der Waals surface area contributed by atoms with Gasteiger partial charge in [0.2, 0.25) is 0 Å². The fourth-order valence-corrected chi connectivity index (χ4v) is 1.77. The van der Waals surface area contributed by atoms with Crippen molar-refractivity contribution in [2.24, 2.45) is 0 Å². The maximum atomic E-state index is 10.6. The van der Waals surface area contributed by atoms with Gasteiger partial charge in [-0.3, -0.25) is 0 Å². The molecule has 4 N–H and O–H groups in total. The highest BCUT2D eigenvalue weighted by Crippen LogP contribution is 2.38. The summed E-state index contributed by atoms with van der Waals surface area (Å²) in [6.45, 7) is 1.50. The zero-order chi connectivity index (χ0) is 7.61. The monoisotopic (exact) mass is 200 g/mol. The topological polar surface area (TPSA) is 74.1 Å². The summed E-state index contributed by atoms with van der Waals surface area (Å²) in [5.41, 5.74) is 0. The van der Waals surface area contributed by atoms with Crippen LogP contribution in [0, 0.1) is 0 Å². The first-order valence-corrected chi connectivity index (χ1v) is 4.57. The molecule has 1 heterocycles. The number of rotatable bonds is 1. The van der Waals surface area contributed by atoms with Gasteiger partial charge < -0.3 is 22.8 Å². The molecular formula is C5H12ClNO3P+. The van der Waals surface area contributed by atoms with Crippen LogP contribution in [0.15, 0.2) is 0 Å². The first-order chi connectivity index (χ1) is 4.65. The van der Waals surface area contributed by atoms with Gasteiger partial charge in [0, 0.05) is 0 Å². The highest BCUT2D eigenvalue weighted by atomic mass is 35.5. The highest BCUT2D eigenvalue weighted by molar-refractivity contribution is 7.39. The van der Waals surface area contributed by atoms with E-state index in [-0.39, 0.29) is 12.4 Å². The van der Waals surface area contributed by atoms with E-state index >= 15 is 0 Å². The van der Waals surface area contributed by atoms with Crippen LogP contribution in [0.5, 0.6) is 0 Å². The third-order valence-corrected chi connectivity index (χ3v) is 3.01. The maximum absolute atomic E-state index is 10.6. The van der Waals surface area contributed by atoms with Crippen LogP contribution in [0.25, 0.3) is 0 Å². The van der Waals surface area contributed by atoms with Gasteiger partial charge in [-0.15, -0.1) is 0 Å². The second kappa shape index (κ2) is 4.33. The second-order valence-corrected chi connectivity index (χ2v) is 4.00. The Labute approximate surface area is 72.3 Å². The van der Waals surface area contributed by atoms with E-state index in [9.17, 15) is 9.67 Å². The van der Waals surface area contributed by atoms with Crippen molar-refractivity contribution in [1.82, 2.24) is 0 Å². The predicted octanol–water partition coefficient (Wildman–Crippen LogP) is -4.23. The van der Waals surface area contributed by atoms with Gasteiger partial charge in [0.15, 0.2) is 0 Å². The first kappa shape index (κ1) is 11.3. The minimum Gasteiger partial charge on any atom is -1.00 e. The third-order valence-electron chi connectivity index (χ3n) is 1.85. The summed E-state index contributed by atoms with van der Waals surface area (Å²) in [5.74, 6) is 0. The van der Waals surface area contributed by atoms with Crippen molar-refractivity contribution in [2.75, 3.05) is 13.1 Å². The van der Waals surface area contributed by atoms with Crippen molar-refractivity contribution < 1.29 is 32.3 Å². The summed E-state index contributed by atoms with van der Waals surface area (Å²) in [6.07, 6.45) is 0.859. The van der Waals surface area contributed by atoms with Gasteiger partial charge in [-0.2, -0.15) is 4.89 Å². The molecule has 1 fully saturated rings. The number of aliphatic hydroxyl groups is 1. The number of hydrogen-bond donors (Lipinski definition) is 3. The normalized spacial score (nSPS) is 23.6. The van der Waals surface area contributed by atoms with Crippen molar-refractivity contribution in [3.05, 3.63) is 0 Å². The number of nitrogens with two attached hydrogens (primary N) is 1. The quantitative estimate of drug-likeness (QED) is 0.376. The molecular weight excluding hydrogens is 188 g/mol. The minimum atomic E-state index is -2.42. The van der Waals surface area contributed by atoms with Crippen LogP contribution in [-0.4, -0.2) is 28.4 Å². The molecule has 0 radical (unpaired) electrons. The average molecular weight is 201 g/mol. The Bertz CT molecular complexity index is 149. The standard InChI is InChI=1S/C5H10NO3P.ClH/c7-5(10(8)9)1-3-6-4-2-5;/h6-7H,1-4H2;1H/p+1. The Balaban J connectivity index is 0.000001000. The molecule has 1 aliphatic heterocycles. The van der Waals surface area contributed by atoms with Gasteiger partial charge in [-0.25, -0.2) is 0 Å². The highest BCUT2D eigenvalue weighted by Gasteiger charge is 2.49. The summed E-state index contributed by atoms with van der Waals surface area (Å²) in [6, 6.07) is 0. The lowest BCUT2D eigenvalue weighted by Crippen LogP contribution is -3.00. The van der Waals surface area contributed by atoms with E-state index in [0.29, 0.717) is 12.8 Å². The van der Waals surface area contributed by atoms with Crippen molar-refractivity contribution in [2.45, 2.75) is 18.2 Å². The lowest BCUT2D eigenvalue weighted by Gasteiger charge is -2.18. The van der Waals surface area contributed by atoms with E-state index in [1.54, 1.807) is 0 Å². The van der Waals surface area contributed by atoms with Gasteiger partial charge in [-0.05, 0) is 4.57 Å². The molecule has 66 valence electrons. The van der Waals surface area contributed by atoms with E-state index in [2.05, 4.69) is 0 Å². The molecule has 0 aromatic carbocycles. The zero-order valence-corrected chi connectivity index (χ0v) is 7.68. The molecule has 4 nitrogen and oxygen atoms in total. The molecule has 1 unspecified atom stereocenters. The van der Waals surface area contributed by atoms with E-state index in [0.717, 1.165) is 13.1 Å². The van der Waals surface area contributed by atoms with Crippen LogP contribution in [0.4, 0.5) is 0 Å². The van der Waals surface area contributed by atoms with Gasteiger partial charge in [-0.1, -0.05) is 0 Å². The number of halogens is 1. The van der Waals surface area contributed by atoms with Crippen molar-refractivity contribution >= 4 is 8.03 Å². The molecule has 1 aliphatic rings. The fraction of sp³-hybridized carbons (Fsp3) is 1.00. The molecule has 0 aromatic rings.